The largest absolute Gasteiger partial charge is 0.352 e. The Hall–Kier alpha value is -1.72. The van der Waals surface area contributed by atoms with Crippen molar-refractivity contribution in [3.05, 3.63) is 0 Å². The van der Waals surface area contributed by atoms with Crippen LogP contribution in [0.2, 0.25) is 0 Å². The van der Waals surface area contributed by atoms with Gasteiger partial charge in [-0.2, -0.15) is 0 Å². The molecule has 1 saturated heterocycles. The fourth-order valence-electron chi connectivity index (χ4n) is 4.04. The fraction of sp³-hybridized carbons (Fsp3) is 0.765. The molecule has 23 heavy (non-hydrogen) atoms. The third-order valence-electron chi connectivity index (χ3n) is 5.33. The Balaban J connectivity index is 1.69. The van der Waals surface area contributed by atoms with Crippen molar-refractivity contribution in [2.75, 3.05) is 0 Å². The highest BCUT2D eigenvalue weighted by atomic mass is 16.2. The summed E-state index contributed by atoms with van der Waals surface area (Å²) in [5.74, 6) is -4.29. The number of amides is 3. The highest BCUT2D eigenvalue weighted by molar-refractivity contribution is 6.52. The Labute approximate surface area is 136 Å². The van der Waals surface area contributed by atoms with Gasteiger partial charge in [0.15, 0.2) is 5.92 Å². The third kappa shape index (κ3) is 3.16. The number of rotatable bonds is 3. The van der Waals surface area contributed by atoms with Gasteiger partial charge in [0.25, 0.3) is 11.8 Å². The lowest BCUT2D eigenvalue weighted by atomic mass is 9.94. The summed E-state index contributed by atoms with van der Waals surface area (Å²) in [7, 11) is 0. The summed E-state index contributed by atoms with van der Waals surface area (Å²) in [5, 5.41) is 2.81. The zero-order valence-corrected chi connectivity index (χ0v) is 13.4. The average Bonchev–Trinajstić information content (AvgIpc) is 2.79. The Morgan fingerprint density at radius 2 is 1.43 bits per heavy atom. The van der Waals surface area contributed by atoms with E-state index in [1.165, 1.54) is 0 Å². The summed E-state index contributed by atoms with van der Waals surface area (Å²) in [5.41, 5.74) is 0. The van der Waals surface area contributed by atoms with Crippen LogP contribution < -0.4 is 5.32 Å². The van der Waals surface area contributed by atoms with E-state index in [9.17, 15) is 19.2 Å². The van der Waals surface area contributed by atoms with Crippen LogP contribution in [0.25, 0.3) is 0 Å². The molecule has 3 rings (SSSR count). The predicted octanol–water partition coefficient (Wildman–Crippen LogP) is 1.32. The van der Waals surface area contributed by atoms with Crippen LogP contribution in [0.1, 0.15) is 64.2 Å². The van der Waals surface area contributed by atoms with E-state index in [1.54, 1.807) is 0 Å². The minimum absolute atomic E-state index is 0.0238. The van der Waals surface area contributed by atoms with Crippen LogP contribution >= 0.6 is 0 Å². The molecule has 2 aliphatic carbocycles. The van der Waals surface area contributed by atoms with Gasteiger partial charge in [-0.25, -0.2) is 0 Å². The lowest BCUT2D eigenvalue weighted by Gasteiger charge is -2.29. The molecule has 0 radical (unpaired) electrons. The molecule has 1 N–H and O–H groups in total. The number of nitrogens with zero attached hydrogens (tertiary/aromatic N) is 1. The van der Waals surface area contributed by atoms with E-state index in [1.807, 2.05) is 0 Å². The molecule has 0 aromatic rings. The van der Waals surface area contributed by atoms with E-state index in [0.717, 1.165) is 69.1 Å². The van der Waals surface area contributed by atoms with Crippen molar-refractivity contribution in [2.45, 2.75) is 76.3 Å². The Morgan fingerprint density at radius 3 is 2.04 bits per heavy atom. The van der Waals surface area contributed by atoms with E-state index in [0.29, 0.717) is 0 Å². The van der Waals surface area contributed by atoms with Crippen LogP contribution in [0, 0.1) is 5.92 Å². The number of carbonyl (C=O) groups is 4. The summed E-state index contributed by atoms with van der Waals surface area (Å²) in [6.07, 6.45) is 9.47. The second kappa shape index (κ2) is 6.81. The maximum Gasteiger partial charge on any atom is 0.298 e. The van der Waals surface area contributed by atoms with Crippen LogP contribution in [0.5, 0.6) is 0 Å². The summed E-state index contributed by atoms with van der Waals surface area (Å²) >= 11 is 0. The number of hydrogen-bond acceptors (Lipinski definition) is 4. The Bertz CT molecular complexity index is 519. The topological polar surface area (TPSA) is 83.6 Å². The van der Waals surface area contributed by atoms with Crippen molar-refractivity contribution in [1.82, 2.24) is 10.2 Å². The van der Waals surface area contributed by atoms with E-state index in [4.69, 9.17) is 0 Å². The SMILES string of the molecule is O=C(NC1CCCCC1)[C@H]1C(=O)C(=O)N(C2CCCCC2)C1=O. The van der Waals surface area contributed by atoms with Gasteiger partial charge in [0, 0.05) is 12.1 Å². The number of carbonyl (C=O) groups excluding carboxylic acids is 4. The van der Waals surface area contributed by atoms with Gasteiger partial charge < -0.3 is 5.32 Å². The molecule has 0 aromatic heterocycles. The number of nitrogens with one attached hydrogen (secondary N) is 1. The highest BCUT2D eigenvalue weighted by Gasteiger charge is 2.53. The van der Waals surface area contributed by atoms with Gasteiger partial charge >= 0.3 is 0 Å². The molecule has 3 fully saturated rings. The maximum absolute atomic E-state index is 12.5. The lowest BCUT2D eigenvalue weighted by molar-refractivity contribution is -0.145. The van der Waals surface area contributed by atoms with Gasteiger partial charge in [-0.05, 0) is 25.7 Å². The molecule has 6 heteroatoms. The van der Waals surface area contributed by atoms with Crippen molar-refractivity contribution in [2.24, 2.45) is 5.92 Å². The first kappa shape index (κ1) is 16.1. The molecule has 2 saturated carbocycles. The van der Waals surface area contributed by atoms with Gasteiger partial charge in [0.1, 0.15) is 0 Å². The molecule has 1 heterocycles. The highest BCUT2D eigenvalue weighted by Crippen LogP contribution is 2.28. The molecule has 0 unspecified atom stereocenters. The first-order valence-electron chi connectivity index (χ1n) is 8.81. The van der Waals surface area contributed by atoms with Crippen molar-refractivity contribution in [1.29, 1.82) is 0 Å². The minimum atomic E-state index is -1.45. The number of likely N-dealkylation sites (tertiary alicyclic amines) is 1. The number of imide groups is 1. The fourth-order valence-corrected chi connectivity index (χ4v) is 4.04. The standard InChI is InChI=1S/C17H24N2O4/c20-14-13(15(21)18-11-7-3-1-4-8-11)16(22)19(17(14)23)12-9-5-2-6-10-12/h11-13H,1-10H2,(H,18,21)/t13-/m1/s1. The maximum atomic E-state index is 12.5. The summed E-state index contributed by atoms with van der Waals surface area (Å²) < 4.78 is 0. The van der Waals surface area contributed by atoms with Gasteiger partial charge in [0.05, 0.1) is 0 Å². The molecule has 1 atom stereocenters. The third-order valence-corrected chi connectivity index (χ3v) is 5.33. The average molecular weight is 320 g/mol. The molecule has 1 aliphatic heterocycles. The smallest absolute Gasteiger partial charge is 0.298 e. The monoisotopic (exact) mass is 320 g/mol. The van der Waals surface area contributed by atoms with Crippen LogP contribution in [-0.4, -0.2) is 40.5 Å². The van der Waals surface area contributed by atoms with Crippen LogP contribution in [0.15, 0.2) is 0 Å². The molecule has 3 amide bonds. The molecule has 6 nitrogen and oxygen atoms in total. The van der Waals surface area contributed by atoms with Gasteiger partial charge in [-0.1, -0.05) is 38.5 Å². The molecule has 3 aliphatic rings. The quantitative estimate of drug-likeness (QED) is 0.483. The number of hydrogen-bond donors (Lipinski definition) is 1. The summed E-state index contributed by atoms with van der Waals surface area (Å²) in [6.45, 7) is 0. The van der Waals surface area contributed by atoms with Crippen molar-refractivity contribution < 1.29 is 19.2 Å². The molecule has 126 valence electrons. The van der Waals surface area contributed by atoms with Gasteiger partial charge in [-0.15, -0.1) is 0 Å². The molecule has 0 aromatic carbocycles. The lowest BCUT2D eigenvalue weighted by Crippen LogP contribution is -2.45. The number of Topliss-reactive ketones (excluding diaryl/α,β-unsaturated/α-hetero) is 1. The first-order chi connectivity index (χ1) is 11.1. The molecular weight excluding hydrogens is 296 g/mol. The summed E-state index contributed by atoms with van der Waals surface area (Å²) in [6, 6.07) is -0.184. The second-order valence-corrected chi connectivity index (χ2v) is 6.95. The van der Waals surface area contributed by atoms with Crippen LogP contribution in [-0.2, 0) is 19.2 Å². The zero-order chi connectivity index (χ0) is 16.4. The normalized spacial score (nSPS) is 27.6. The second-order valence-electron chi connectivity index (χ2n) is 6.95. The molecule has 0 spiro atoms. The van der Waals surface area contributed by atoms with E-state index >= 15 is 0 Å². The van der Waals surface area contributed by atoms with Crippen molar-refractivity contribution in [3.8, 4) is 0 Å². The summed E-state index contributed by atoms with van der Waals surface area (Å²) in [4.78, 5) is 50.4. The Morgan fingerprint density at radius 1 is 0.870 bits per heavy atom. The molecule has 0 bridgehead atoms. The van der Waals surface area contributed by atoms with E-state index in [-0.39, 0.29) is 12.1 Å². The first-order valence-corrected chi connectivity index (χ1v) is 8.81. The zero-order valence-electron chi connectivity index (χ0n) is 13.4. The van der Waals surface area contributed by atoms with Crippen LogP contribution in [0.4, 0.5) is 0 Å². The van der Waals surface area contributed by atoms with Crippen molar-refractivity contribution >= 4 is 23.5 Å². The predicted molar refractivity (Wildman–Crippen MR) is 82.2 cm³/mol. The van der Waals surface area contributed by atoms with E-state index in [2.05, 4.69) is 5.32 Å². The Kier molecular flexibility index (Phi) is 4.78. The molecular formula is C17H24N2O4. The number of ketones is 1. The van der Waals surface area contributed by atoms with Gasteiger partial charge in [0.2, 0.25) is 11.7 Å². The van der Waals surface area contributed by atoms with E-state index < -0.39 is 29.4 Å². The van der Waals surface area contributed by atoms with Crippen molar-refractivity contribution in [3.63, 3.8) is 0 Å². The minimum Gasteiger partial charge on any atom is -0.352 e. The van der Waals surface area contributed by atoms with Crippen LogP contribution in [0.3, 0.4) is 0 Å². The van der Waals surface area contributed by atoms with Gasteiger partial charge in [-0.3, -0.25) is 24.1 Å².